The van der Waals surface area contributed by atoms with E-state index in [1.165, 1.54) is 51.6 Å². The molecule has 1 saturated heterocycles. The monoisotopic (exact) mass is 335 g/mol. The first-order valence-corrected chi connectivity index (χ1v) is 9.41. The molecule has 2 fully saturated rings. The molecule has 3 rings (SSSR count). The summed E-state index contributed by atoms with van der Waals surface area (Å²) in [6, 6.07) is 6.23. The molecule has 0 atom stereocenters. The first kappa shape index (κ1) is 16.9. The standard InChI is InChI=1S/C19H30ClN3/c1-14-5-9-19(2,10-6-14)23-11-7-16(8-12-23)22-18-4-3-15(20)13-17(18)21/h3-4,13-14,16,22H,5-12,21H2,1-2H3. The van der Waals surface area contributed by atoms with Gasteiger partial charge in [-0.15, -0.1) is 0 Å². The van der Waals surface area contributed by atoms with Crippen molar-refractivity contribution in [2.45, 2.75) is 64.0 Å². The summed E-state index contributed by atoms with van der Waals surface area (Å²) in [5, 5.41) is 4.31. The fourth-order valence-corrected chi connectivity index (χ4v) is 4.33. The Kier molecular flexibility index (Phi) is 5.07. The molecule has 0 unspecified atom stereocenters. The number of nitrogens with two attached hydrogens (primary N) is 1. The van der Waals surface area contributed by atoms with E-state index in [9.17, 15) is 0 Å². The molecule has 3 N–H and O–H groups in total. The number of hydrogen-bond donors (Lipinski definition) is 2. The molecule has 23 heavy (non-hydrogen) atoms. The van der Waals surface area contributed by atoms with Gasteiger partial charge >= 0.3 is 0 Å². The molecule has 0 radical (unpaired) electrons. The fraction of sp³-hybridized carbons (Fsp3) is 0.684. The third kappa shape index (κ3) is 3.95. The number of nitrogens with one attached hydrogen (secondary N) is 1. The molecule has 2 aliphatic rings. The second-order valence-corrected chi connectivity index (χ2v) is 8.25. The Bertz CT molecular complexity index is 529. The Hall–Kier alpha value is -0.930. The lowest BCUT2D eigenvalue weighted by atomic mass is 9.76. The molecule has 0 spiro atoms. The largest absolute Gasteiger partial charge is 0.397 e. The van der Waals surface area contributed by atoms with Crippen LogP contribution in [-0.4, -0.2) is 29.6 Å². The van der Waals surface area contributed by atoms with Crippen LogP contribution >= 0.6 is 11.6 Å². The summed E-state index contributed by atoms with van der Waals surface area (Å²) >= 11 is 5.98. The van der Waals surface area contributed by atoms with Gasteiger partial charge in [0.15, 0.2) is 0 Å². The molecule has 0 bridgehead atoms. The molecule has 1 aliphatic carbocycles. The van der Waals surface area contributed by atoms with Gasteiger partial charge < -0.3 is 11.1 Å². The van der Waals surface area contributed by atoms with Gasteiger partial charge in [-0.05, 0) is 69.6 Å². The molecular formula is C19H30ClN3. The number of benzene rings is 1. The van der Waals surface area contributed by atoms with Crippen LogP contribution in [0.4, 0.5) is 11.4 Å². The third-order valence-electron chi connectivity index (χ3n) is 5.98. The Balaban J connectivity index is 1.54. The Labute approximate surface area is 145 Å². The average Bonchev–Trinajstić information content (AvgIpc) is 2.54. The normalized spacial score (nSPS) is 30.3. The number of halogens is 1. The van der Waals surface area contributed by atoms with Crippen LogP contribution in [0.5, 0.6) is 0 Å². The molecule has 0 aromatic heterocycles. The summed E-state index contributed by atoms with van der Waals surface area (Å²) in [5.74, 6) is 0.912. The maximum atomic E-state index is 6.06. The van der Waals surface area contributed by atoms with Crippen LogP contribution in [-0.2, 0) is 0 Å². The van der Waals surface area contributed by atoms with Crippen molar-refractivity contribution in [2.24, 2.45) is 5.92 Å². The molecule has 1 aromatic carbocycles. The van der Waals surface area contributed by atoms with E-state index >= 15 is 0 Å². The summed E-state index contributed by atoms with van der Waals surface area (Å²) in [4.78, 5) is 2.74. The van der Waals surface area contributed by atoms with E-state index in [-0.39, 0.29) is 0 Å². The van der Waals surface area contributed by atoms with Crippen LogP contribution < -0.4 is 11.1 Å². The number of likely N-dealkylation sites (tertiary alicyclic amines) is 1. The predicted octanol–water partition coefficient (Wildman–Crippen LogP) is 4.77. The maximum Gasteiger partial charge on any atom is 0.0577 e. The minimum absolute atomic E-state index is 0.427. The molecule has 3 nitrogen and oxygen atoms in total. The van der Waals surface area contributed by atoms with Gasteiger partial charge in [0.1, 0.15) is 0 Å². The van der Waals surface area contributed by atoms with E-state index < -0.39 is 0 Å². The number of hydrogen-bond acceptors (Lipinski definition) is 3. The van der Waals surface area contributed by atoms with Gasteiger partial charge in [-0.1, -0.05) is 18.5 Å². The Morgan fingerprint density at radius 1 is 1.17 bits per heavy atom. The molecule has 1 saturated carbocycles. The topological polar surface area (TPSA) is 41.3 Å². The zero-order valence-corrected chi connectivity index (χ0v) is 15.2. The second kappa shape index (κ2) is 6.90. The number of rotatable bonds is 3. The lowest BCUT2D eigenvalue weighted by molar-refractivity contribution is 0.0350. The average molecular weight is 336 g/mol. The van der Waals surface area contributed by atoms with Crippen LogP contribution in [0.2, 0.25) is 5.02 Å². The van der Waals surface area contributed by atoms with E-state index in [2.05, 4.69) is 24.1 Å². The van der Waals surface area contributed by atoms with Gasteiger partial charge in [0.05, 0.1) is 11.4 Å². The SMILES string of the molecule is CC1CCC(C)(N2CCC(Nc3ccc(Cl)cc3N)CC2)CC1. The Morgan fingerprint density at radius 2 is 1.83 bits per heavy atom. The highest BCUT2D eigenvalue weighted by Crippen LogP contribution is 2.37. The van der Waals surface area contributed by atoms with Crippen LogP contribution in [0.25, 0.3) is 0 Å². The van der Waals surface area contributed by atoms with E-state index in [1.807, 2.05) is 18.2 Å². The number of anilines is 2. The summed E-state index contributed by atoms with van der Waals surface area (Å²) < 4.78 is 0. The van der Waals surface area contributed by atoms with Crippen molar-refractivity contribution in [3.8, 4) is 0 Å². The smallest absolute Gasteiger partial charge is 0.0577 e. The van der Waals surface area contributed by atoms with Crippen molar-refractivity contribution in [1.29, 1.82) is 0 Å². The van der Waals surface area contributed by atoms with E-state index in [0.29, 0.717) is 16.6 Å². The van der Waals surface area contributed by atoms with Crippen LogP contribution in [0, 0.1) is 5.92 Å². The highest BCUT2D eigenvalue weighted by atomic mass is 35.5. The summed E-state index contributed by atoms with van der Waals surface area (Å²) in [7, 11) is 0. The first-order valence-electron chi connectivity index (χ1n) is 9.03. The molecule has 0 amide bonds. The lowest BCUT2D eigenvalue weighted by Crippen LogP contribution is -2.53. The molecule has 128 valence electrons. The summed E-state index contributed by atoms with van der Waals surface area (Å²) in [6.07, 6.45) is 7.86. The highest BCUT2D eigenvalue weighted by Gasteiger charge is 2.36. The number of nitrogen functional groups attached to an aromatic ring is 1. The van der Waals surface area contributed by atoms with E-state index in [0.717, 1.165) is 17.3 Å². The third-order valence-corrected chi connectivity index (χ3v) is 6.22. The van der Waals surface area contributed by atoms with Gasteiger partial charge in [0.25, 0.3) is 0 Å². The minimum Gasteiger partial charge on any atom is -0.397 e. The quantitative estimate of drug-likeness (QED) is 0.782. The van der Waals surface area contributed by atoms with Gasteiger partial charge in [0, 0.05) is 29.7 Å². The van der Waals surface area contributed by atoms with Crippen molar-refractivity contribution in [3.05, 3.63) is 23.2 Å². The molecule has 4 heteroatoms. The van der Waals surface area contributed by atoms with E-state index in [4.69, 9.17) is 17.3 Å². The molecule has 1 heterocycles. The minimum atomic E-state index is 0.427. The fourth-order valence-electron chi connectivity index (χ4n) is 4.15. The molecular weight excluding hydrogens is 306 g/mol. The van der Waals surface area contributed by atoms with Crippen LogP contribution in [0.15, 0.2) is 18.2 Å². The van der Waals surface area contributed by atoms with Gasteiger partial charge in [-0.3, -0.25) is 4.90 Å². The predicted molar refractivity (Wildman–Crippen MR) is 100 cm³/mol. The lowest BCUT2D eigenvalue weighted by Gasteiger charge is -2.48. The maximum absolute atomic E-state index is 6.06. The first-order chi connectivity index (χ1) is 11.0. The highest BCUT2D eigenvalue weighted by molar-refractivity contribution is 6.31. The van der Waals surface area contributed by atoms with Crippen LogP contribution in [0.3, 0.4) is 0 Å². The van der Waals surface area contributed by atoms with Gasteiger partial charge in [0.2, 0.25) is 0 Å². The van der Waals surface area contributed by atoms with Gasteiger partial charge in [-0.25, -0.2) is 0 Å². The Morgan fingerprint density at radius 3 is 2.43 bits per heavy atom. The van der Waals surface area contributed by atoms with Crippen LogP contribution in [0.1, 0.15) is 52.4 Å². The van der Waals surface area contributed by atoms with Crippen molar-refractivity contribution in [3.63, 3.8) is 0 Å². The van der Waals surface area contributed by atoms with Gasteiger partial charge in [-0.2, -0.15) is 0 Å². The second-order valence-electron chi connectivity index (χ2n) is 7.82. The van der Waals surface area contributed by atoms with Crippen molar-refractivity contribution >= 4 is 23.0 Å². The molecule has 1 aliphatic heterocycles. The van der Waals surface area contributed by atoms with Crippen molar-refractivity contribution < 1.29 is 0 Å². The summed E-state index contributed by atoms with van der Waals surface area (Å²) in [5.41, 5.74) is 8.25. The number of piperidine rings is 1. The summed E-state index contributed by atoms with van der Waals surface area (Å²) in [6.45, 7) is 7.25. The zero-order valence-electron chi connectivity index (χ0n) is 14.4. The van der Waals surface area contributed by atoms with Crippen molar-refractivity contribution in [1.82, 2.24) is 4.90 Å². The number of nitrogens with zero attached hydrogens (tertiary/aromatic N) is 1. The van der Waals surface area contributed by atoms with Crippen molar-refractivity contribution in [2.75, 3.05) is 24.1 Å². The zero-order chi connectivity index (χ0) is 16.4. The van der Waals surface area contributed by atoms with E-state index in [1.54, 1.807) is 0 Å². The molecule has 1 aromatic rings.